The van der Waals surface area contributed by atoms with Gasteiger partial charge in [-0.25, -0.2) is 9.79 Å². The Morgan fingerprint density at radius 3 is 2.21 bits per heavy atom. The SMILES string of the molecule is COC(=O)OC1(CSCc2ccccc2)N=CN(Cc2ccccc2)C1C1CCC(C(c2ccc(Cl)cc2)N(C)C)CC1. The lowest BCUT2D eigenvalue weighted by molar-refractivity contribution is -0.0589. The molecule has 3 aromatic carbocycles. The van der Waals surface area contributed by atoms with Gasteiger partial charge < -0.3 is 19.3 Å². The van der Waals surface area contributed by atoms with Crippen molar-refractivity contribution >= 4 is 35.9 Å². The Kier molecular flexibility index (Phi) is 10.7. The highest BCUT2D eigenvalue weighted by atomic mass is 35.5. The van der Waals surface area contributed by atoms with Crippen molar-refractivity contribution in [1.29, 1.82) is 0 Å². The number of hydrogen-bond donors (Lipinski definition) is 0. The van der Waals surface area contributed by atoms with Gasteiger partial charge in [-0.2, -0.15) is 11.8 Å². The van der Waals surface area contributed by atoms with E-state index in [1.165, 1.54) is 23.8 Å². The molecule has 0 saturated heterocycles. The normalized spacial score (nSPS) is 24.2. The lowest BCUT2D eigenvalue weighted by atomic mass is 9.72. The van der Waals surface area contributed by atoms with Crippen LogP contribution >= 0.6 is 23.4 Å². The summed E-state index contributed by atoms with van der Waals surface area (Å²) in [4.78, 5) is 22.4. The molecule has 8 heteroatoms. The molecule has 6 nitrogen and oxygen atoms in total. The van der Waals surface area contributed by atoms with Gasteiger partial charge >= 0.3 is 6.16 Å². The second-order valence-electron chi connectivity index (χ2n) is 11.9. The fourth-order valence-electron chi connectivity index (χ4n) is 6.89. The number of methoxy groups -OCH3 is 1. The van der Waals surface area contributed by atoms with Gasteiger partial charge in [-0.05, 0) is 80.4 Å². The molecule has 0 aromatic heterocycles. The van der Waals surface area contributed by atoms with Gasteiger partial charge in [0.15, 0.2) is 0 Å². The topological polar surface area (TPSA) is 54.4 Å². The van der Waals surface area contributed by atoms with E-state index in [9.17, 15) is 4.79 Å². The average Bonchev–Trinajstić information content (AvgIpc) is 3.36. The summed E-state index contributed by atoms with van der Waals surface area (Å²) >= 11 is 7.96. The van der Waals surface area contributed by atoms with E-state index >= 15 is 0 Å². The van der Waals surface area contributed by atoms with Gasteiger partial charge in [0.25, 0.3) is 0 Å². The number of thioether (sulfide) groups is 1. The number of nitrogens with zero attached hydrogens (tertiary/aromatic N) is 3. The van der Waals surface area contributed by atoms with Crippen molar-refractivity contribution in [3.8, 4) is 0 Å². The van der Waals surface area contributed by atoms with Crippen molar-refractivity contribution in [1.82, 2.24) is 9.80 Å². The van der Waals surface area contributed by atoms with E-state index < -0.39 is 11.9 Å². The molecule has 1 saturated carbocycles. The molecule has 3 atom stereocenters. The molecule has 3 aromatic rings. The molecule has 0 spiro atoms. The van der Waals surface area contributed by atoms with Crippen LogP contribution in [0.5, 0.6) is 0 Å². The van der Waals surface area contributed by atoms with Gasteiger partial charge in [0.05, 0.1) is 25.2 Å². The number of carbonyl (C=O) groups excluding carboxylic acids is 1. The number of halogens is 1. The second-order valence-corrected chi connectivity index (χ2v) is 13.3. The monoisotopic (exact) mass is 619 g/mol. The molecule has 43 heavy (non-hydrogen) atoms. The molecule has 5 rings (SSSR count). The highest BCUT2D eigenvalue weighted by Gasteiger charge is 2.53. The zero-order valence-corrected chi connectivity index (χ0v) is 26.8. The number of carbonyl (C=O) groups is 1. The van der Waals surface area contributed by atoms with E-state index in [0.717, 1.165) is 36.5 Å². The number of hydrogen-bond acceptors (Lipinski definition) is 7. The molecule has 1 heterocycles. The molecule has 3 unspecified atom stereocenters. The van der Waals surface area contributed by atoms with Crippen LogP contribution in [0.2, 0.25) is 5.02 Å². The standard InChI is InChI=1S/C35H42ClN3O3S/c1-38(2)32(29-18-20-31(36)21-19-29)28-14-16-30(17-15-28)33-35(42-34(40)41-3,24-43-23-27-12-8-5-9-13-27)37-25-39(33)22-26-10-6-4-7-11-26/h4-13,18-21,25,28,30,32-33H,14-17,22-24H2,1-3H3. The first-order valence-corrected chi connectivity index (χ1v) is 16.6. The second kappa shape index (κ2) is 14.7. The highest BCUT2D eigenvalue weighted by molar-refractivity contribution is 7.98. The highest BCUT2D eigenvalue weighted by Crippen LogP contribution is 2.46. The van der Waals surface area contributed by atoms with Crippen molar-refractivity contribution in [3.05, 3.63) is 107 Å². The molecule has 1 aliphatic heterocycles. The number of rotatable bonds is 11. The van der Waals surface area contributed by atoms with Crippen LogP contribution in [0.25, 0.3) is 0 Å². The number of aliphatic imine (C=N–C) groups is 1. The minimum atomic E-state index is -1.03. The van der Waals surface area contributed by atoms with Crippen LogP contribution in [-0.4, -0.2) is 61.0 Å². The van der Waals surface area contributed by atoms with E-state index in [-0.39, 0.29) is 6.04 Å². The Labute approximate surface area is 265 Å². The first-order chi connectivity index (χ1) is 20.9. The third kappa shape index (κ3) is 7.75. The van der Waals surface area contributed by atoms with Gasteiger partial charge in [-0.15, -0.1) is 0 Å². The summed E-state index contributed by atoms with van der Waals surface area (Å²) in [6, 6.07) is 29.3. The summed E-state index contributed by atoms with van der Waals surface area (Å²) in [6.45, 7) is 0.704. The van der Waals surface area contributed by atoms with Gasteiger partial charge in [-0.1, -0.05) is 84.4 Å². The summed E-state index contributed by atoms with van der Waals surface area (Å²) in [7, 11) is 5.69. The van der Waals surface area contributed by atoms with Crippen molar-refractivity contribution in [2.75, 3.05) is 27.0 Å². The van der Waals surface area contributed by atoms with Crippen molar-refractivity contribution in [3.63, 3.8) is 0 Å². The van der Waals surface area contributed by atoms with E-state index in [0.29, 0.717) is 30.2 Å². The van der Waals surface area contributed by atoms with Crippen LogP contribution in [0, 0.1) is 11.8 Å². The average molecular weight is 620 g/mol. The Hall–Kier alpha value is -3.00. The molecule has 0 bridgehead atoms. The third-order valence-corrected chi connectivity index (χ3v) is 10.2. The van der Waals surface area contributed by atoms with E-state index in [1.807, 2.05) is 30.6 Å². The molecule has 2 aliphatic rings. The molecule has 0 amide bonds. The van der Waals surface area contributed by atoms with Gasteiger partial charge in [0, 0.05) is 23.4 Å². The Bertz CT molecular complexity index is 1330. The zero-order valence-electron chi connectivity index (χ0n) is 25.3. The van der Waals surface area contributed by atoms with Gasteiger partial charge in [0.2, 0.25) is 5.72 Å². The maximum atomic E-state index is 12.7. The largest absolute Gasteiger partial charge is 0.510 e. The predicted octanol–water partition coefficient (Wildman–Crippen LogP) is 8.07. The molecular weight excluding hydrogens is 578 g/mol. The quantitative estimate of drug-likeness (QED) is 0.202. The Morgan fingerprint density at radius 2 is 1.60 bits per heavy atom. The number of benzene rings is 3. The molecule has 228 valence electrons. The number of ether oxygens (including phenoxy) is 2. The molecule has 1 aliphatic carbocycles. The minimum Gasteiger partial charge on any atom is -0.438 e. The van der Waals surface area contributed by atoms with E-state index in [4.69, 9.17) is 26.1 Å². The third-order valence-electron chi connectivity index (χ3n) is 8.78. The van der Waals surface area contributed by atoms with Crippen molar-refractivity contribution in [2.24, 2.45) is 16.8 Å². The zero-order chi connectivity index (χ0) is 30.2. The minimum absolute atomic E-state index is 0.0932. The maximum Gasteiger partial charge on any atom is 0.510 e. The van der Waals surface area contributed by atoms with Crippen LogP contribution < -0.4 is 0 Å². The van der Waals surface area contributed by atoms with Crippen LogP contribution in [0.4, 0.5) is 4.79 Å². The molecule has 0 N–H and O–H groups in total. The van der Waals surface area contributed by atoms with Crippen molar-refractivity contribution < 1.29 is 14.3 Å². The van der Waals surface area contributed by atoms with Gasteiger partial charge in [-0.3, -0.25) is 0 Å². The van der Waals surface area contributed by atoms with E-state index in [2.05, 4.69) is 84.6 Å². The smallest absolute Gasteiger partial charge is 0.438 e. The Morgan fingerprint density at radius 1 is 0.977 bits per heavy atom. The summed E-state index contributed by atoms with van der Waals surface area (Å²) in [5, 5.41) is 0.761. The van der Waals surface area contributed by atoms with Crippen LogP contribution in [0.1, 0.15) is 48.4 Å². The summed E-state index contributed by atoms with van der Waals surface area (Å²) in [5.74, 6) is 2.18. The first kappa shape index (κ1) is 31.4. The van der Waals surface area contributed by atoms with Crippen LogP contribution in [-0.2, 0) is 21.8 Å². The summed E-state index contributed by atoms with van der Waals surface area (Å²) in [5.41, 5.74) is 2.70. The first-order valence-electron chi connectivity index (χ1n) is 15.0. The van der Waals surface area contributed by atoms with Crippen LogP contribution in [0.15, 0.2) is 89.9 Å². The predicted molar refractivity (Wildman–Crippen MR) is 176 cm³/mol. The van der Waals surface area contributed by atoms with E-state index in [1.54, 1.807) is 11.8 Å². The summed E-state index contributed by atoms with van der Waals surface area (Å²) in [6.07, 6.45) is 5.43. The fraction of sp³-hybridized carbons (Fsp3) is 0.429. The lowest BCUT2D eigenvalue weighted by Gasteiger charge is -2.44. The van der Waals surface area contributed by atoms with Crippen molar-refractivity contribution in [2.45, 2.75) is 55.8 Å². The fourth-order valence-corrected chi connectivity index (χ4v) is 8.15. The lowest BCUT2D eigenvalue weighted by Crippen LogP contribution is -2.55. The van der Waals surface area contributed by atoms with Crippen LogP contribution in [0.3, 0.4) is 0 Å². The Balaban J connectivity index is 1.39. The maximum absolute atomic E-state index is 12.7. The molecular formula is C35H42ClN3O3S. The molecule has 0 radical (unpaired) electrons. The summed E-state index contributed by atoms with van der Waals surface area (Å²) < 4.78 is 11.2. The van der Waals surface area contributed by atoms with Gasteiger partial charge in [0.1, 0.15) is 0 Å². The molecule has 1 fully saturated rings.